The Balaban J connectivity index is 2.80. The second-order valence-electron chi connectivity index (χ2n) is 4.31. The summed E-state index contributed by atoms with van der Waals surface area (Å²) in [6, 6.07) is 4.30. The number of amides is 2. The van der Waals surface area contributed by atoms with Gasteiger partial charge in [-0.25, -0.2) is 4.79 Å². The number of carbonyl (C=O) groups is 1. The number of hydrogen-bond donors (Lipinski definition) is 2. The van der Waals surface area contributed by atoms with E-state index < -0.39 is 18.2 Å². The third-order valence-corrected chi connectivity index (χ3v) is 2.73. The van der Waals surface area contributed by atoms with Gasteiger partial charge >= 0.3 is 12.2 Å². The monoisotopic (exact) mass is 274 g/mol. The number of carbonyl (C=O) groups excluding carboxylic acids is 1. The summed E-state index contributed by atoms with van der Waals surface area (Å²) in [4.78, 5) is 11.5. The minimum atomic E-state index is -4.53. The number of urea groups is 1. The van der Waals surface area contributed by atoms with Crippen LogP contribution < -0.4 is 10.6 Å². The first-order chi connectivity index (χ1) is 8.84. The molecule has 6 heteroatoms. The Kier molecular flexibility index (Phi) is 5.20. The molecule has 0 saturated heterocycles. The second kappa shape index (κ2) is 6.45. The van der Waals surface area contributed by atoms with E-state index >= 15 is 0 Å². The first-order valence-corrected chi connectivity index (χ1v) is 6.03. The Labute approximate surface area is 110 Å². The Morgan fingerprint density at radius 2 is 1.79 bits per heavy atom. The zero-order valence-electron chi connectivity index (χ0n) is 10.8. The molecule has 0 heterocycles. The van der Waals surface area contributed by atoms with Crippen LogP contribution in [0.5, 0.6) is 0 Å². The van der Waals surface area contributed by atoms with Crippen molar-refractivity contribution in [2.45, 2.75) is 38.5 Å². The second-order valence-corrected chi connectivity index (χ2v) is 4.31. The van der Waals surface area contributed by atoms with E-state index in [-0.39, 0.29) is 11.6 Å². The van der Waals surface area contributed by atoms with Crippen LogP contribution in [0.15, 0.2) is 30.3 Å². The molecule has 0 aliphatic rings. The predicted molar refractivity (Wildman–Crippen MR) is 66.7 cm³/mol. The zero-order valence-corrected chi connectivity index (χ0v) is 10.8. The van der Waals surface area contributed by atoms with Gasteiger partial charge in [0.1, 0.15) is 0 Å². The topological polar surface area (TPSA) is 41.1 Å². The Morgan fingerprint density at radius 3 is 2.26 bits per heavy atom. The zero-order chi connectivity index (χ0) is 14.5. The molecule has 0 radical (unpaired) electrons. The number of alkyl halides is 3. The molecule has 1 rings (SSSR count). The lowest BCUT2D eigenvalue weighted by atomic mass is 10.1. The lowest BCUT2D eigenvalue weighted by Gasteiger charge is -2.23. The molecule has 2 N–H and O–H groups in total. The first kappa shape index (κ1) is 15.3. The molecule has 0 bridgehead atoms. The van der Waals surface area contributed by atoms with E-state index in [1.54, 1.807) is 13.0 Å². The maximum Gasteiger partial charge on any atom is 0.412 e. The number of benzene rings is 1. The minimum absolute atomic E-state index is 0.00861. The number of nitrogens with one attached hydrogen (secondary N) is 2. The average Bonchev–Trinajstić information content (AvgIpc) is 2.35. The van der Waals surface area contributed by atoms with Crippen molar-refractivity contribution in [3.05, 3.63) is 35.9 Å². The molecular weight excluding hydrogens is 257 g/mol. The van der Waals surface area contributed by atoms with E-state index in [1.165, 1.54) is 24.3 Å². The van der Waals surface area contributed by atoms with E-state index in [1.807, 2.05) is 12.2 Å². The molecule has 2 amide bonds. The lowest BCUT2D eigenvalue weighted by Crippen LogP contribution is -2.46. The van der Waals surface area contributed by atoms with Crippen molar-refractivity contribution >= 4 is 6.03 Å². The standard InChI is InChI=1S/C13H17F3N2O/c1-3-9(2)17-12(19)18-11(13(14,15)16)10-7-5-4-6-8-10/h4-9,11H,3H2,1-2H3,(H2,17,18,19)/t9-,11+/m0/s1. The number of rotatable bonds is 4. The van der Waals surface area contributed by atoms with Gasteiger partial charge in [-0.05, 0) is 18.9 Å². The molecule has 0 aliphatic heterocycles. The molecule has 0 fully saturated rings. The Bertz CT molecular complexity index is 406. The normalized spacial score (nSPS) is 14.6. The van der Waals surface area contributed by atoms with Gasteiger partial charge in [0.15, 0.2) is 6.04 Å². The van der Waals surface area contributed by atoms with Crippen molar-refractivity contribution in [3.63, 3.8) is 0 Å². The van der Waals surface area contributed by atoms with Crippen molar-refractivity contribution < 1.29 is 18.0 Å². The highest BCUT2D eigenvalue weighted by Crippen LogP contribution is 2.32. The van der Waals surface area contributed by atoms with Gasteiger partial charge in [-0.2, -0.15) is 13.2 Å². The van der Waals surface area contributed by atoms with Crippen LogP contribution >= 0.6 is 0 Å². The Hall–Kier alpha value is -1.72. The minimum Gasteiger partial charge on any atom is -0.336 e. The summed E-state index contributed by atoms with van der Waals surface area (Å²) in [6.07, 6.45) is -3.89. The summed E-state index contributed by atoms with van der Waals surface area (Å²) in [6.45, 7) is 3.56. The van der Waals surface area contributed by atoms with E-state index in [4.69, 9.17) is 0 Å². The summed E-state index contributed by atoms with van der Waals surface area (Å²) in [5.74, 6) is 0. The van der Waals surface area contributed by atoms with Crippen molar-refractivity contribution in [2.24, 2.45) is 0 Å². The van der Waals surface area contributed by atoms with Crippen LogP contribution in [0.1, 0.15) is 31.9 Å². The quantitative estimate of drug-likeness (QED) is 0.868. The molecule has 1 aromatic rings. The molecule has 0 spiro atoms. The first-order valence-electron chi connectivity index (χ1n) is 6.03. The van der Waals surface area contributed by atoms with E-state index in [0.717, 1.165) is 0 Å². The van der Waals surface area contributed by atoms with Gasteiger partial charge in [-0.1, -0.05) is 37.3 Å². The van der Waals surface area contributed by atoms with Gasteiger partial charge in [0.25, 0.3) is 0 Å². The molecule has 19 heavy (non-hydrogen) atoms. The van der Waals surface area contributed by atoms with Crippen molar-refractivity contribution in [3.8, 4) is 0 Å². The van der Waals surface area contributed by atoms with E-state index in [9.17, 15) is 18.0 Å². The highest BCUT2D eigenvalue weighted by atomic mass is 19.4. The predicted octanol–water partition coefficient (Wildman–Crippen LogP) is 3.39. The number of halogens is 3. The van der Waals surface area contributed by atoms with E-state index in [2.05, 4.69) is 5.32 Å². The molecule has 1 aromatic carbocycles. The third-order valence-electron chi connectivity index (χ3n) is 2.73. The summed E-state index contributed by atoms with van der Waals surface area (Å²) < 4.78 is 38.8. The molecule has 0 unspecified atom stereocenters. The lowest BCUT2D eigenvalue weighted by molar-refractivity contribution is -0.155. The van der Waals surface area contributed by atoms with Gasteiger partial charge in [0.2, 0.25) is 0 Å². The summed E-state index contributed by atoms with van der Waals surface area (Å²) in [5, 5.41) is 4.42. The Morgan fingerprint density at radius 1 is 1.21 bits per heavy atom. The van der Waals surface area contributed by atoms with Gasteiger partial charge in [-0.15, -0.1) is 0 Å². The van der Waals surface area contributed by atoms with Crippen LogP contribution in [-0.4, -0.2) is 18.2 Å². The van der Waals surface area contributed by atoms with Gasteiger partial charge in [-0.3, -0.25) is 0 Å². The van der Waals surface area contributed by atoms with E-state index in [0.29, 0.717) is 6.42 Å². The van der Waals surface area contributed by atoms with Crippen LogP contribution in [0.3, 0.4) is 0 Å². The molecule has 0 aliphatic carbocycles. The fourth-order valence-electron chi connectivity index (χ4n) is 1.50. The molecule has 2 atom stereocenters. The number of hydrogen-bond acceptors (Lipinski definition) is 1. The summed E-state index contributed by atoms with van der Waals surface area (Å²) >= 11 is 0. The van der Waals surface area contributed by atoms with Gasteiger partial charge in [0, 0.05) is 6.04 Å². The fraction of sp³-hybridized carbons (Fsp3) is 0.462. The van der Waals surface area contributed by atoms with Gasteiger partial charge in [0.05, 0.1) is 0 Å². The highest BCUT2D eigenvalue weighted by molar-refractivity contribution is 5.74. The summed E-state index contributed by atoms with van der Waals surface area (Å²) in [5.41, 5.74) is 0.00861. The molecule has 3 nitrogen and oxygen atoms in total. The van der Waals surface area contributed by atoms with Gasteiger partial charge < -0.3 is 10.6 Å². The van der Waals surface area contributed by atoms with Crippen molar-refractivity contribution in [2.75, 3.05) is 0 Å². The third kappa shape index (κ3) is 4.81. The van der Waals surface area contributed by atoms with Crippen LogP contribution in [-0.2, 0) is 0 Å². The molecule has 0 aromatic heterocycles. The fourth-order valence-corrected chi connectivity index (χ4v) is 1.50. The molecule has 106 valence electrons. The largest absolute Gasteiger partial charge is 0.412 e. The van der Waals surface area contributed by atoms with Crippen LogP contribution in [0, 0.1) is 0 Å². The highest BCUT2D eigenvalue weighted by Gasteiger charge is 2.41. The van der Waals surface area contributed by atoms with Crippen LogP contribution in [0.2, 0.25) is 0 Å². The average molecular weight is 274 g/mol. The maximum atomic E-state index is 12.9. The van der Waals surface area contributed by atoms with Crippen molar-refractivity contribution in [1.82, 2.24) is 10.6 Å². The maximum absolute atomic E-state index is 12.9. The molecule has 0 saturated carbocycles. The smallest absolute Gasteiger partial charge is 0.336 e. The SMILES string of the molecule is CC[C@H](C)NC(=O)N[C@H](c1ccccc1)C(F)(F)F. The van der Waals surface area contributed by atoms with Crippen molar-refractivity contribution in [1.29, 1.82) is 0 Å². The molecular formula is C13H17F3N2O. The summed E-state index contributed by atoms with van der Waals surface area (Å²) in [7, 11) is 0. The van der Waals surface area contributed by atoms with Crippen LogP contribution in [0.4, 0.5) is 18.0 Å². The van der Waals surface area contributed by atoms with Crippen LogP contribution in [0.25, 0.3) is 0 Å².